The van der Waals surface area contributed by atoms with Gasteiger partial charge in [0.2, 0.25) is 0 Å². The third-order valence-corrected chi connectivity index (χ3v) is 4.75. The van der Waals surface area contributed by atoms with Gasteiger partial charge in [-0.15, -0.1) is 0 Å². The number of amides is 1. The Morgan fingerprint density at radius 1 is 1.04 bits per heavy atom. The average molecular weight is 374 g/mol. The number of hydrogen-bond donors (Lipinski definition) is 1. The highest BCUT2D eigenvalue weighted by atomic mass is 35.5. The van der Waals surface area contributed by atoms with Crippen molar-refractivity contribution in [2.24, 2.45) is 5.92 Å². The lowest BCUT2D eigenvalue weighted by Gasteiger charge is -2.24. The maximum atomic E-state index is 12.7. The smallest absolute Gasteiger partial charge is 0.314 e. The number of rotatable bonds is 7. The minimum Gasteiger partial charge on any atom is -0.452 e. The lowest BCUT2D eigenvalue weighted by molar-refractivity contribution is -0.155. The molecule has 0 spiro atoms. The van der Waals surface area contributed by atoms with Crippen molar-refractivity contribution in [3.63, 3.8) is 0 Å². The number of halogens is 1. The van der Waals surface area contributed by atoms with Crippen molar-refractivity contribution in [3.05, 3.63) is 65.2 Å². The predicted molar refractivity (Wildman–Crippen MR) is 104 cm³/mol. The van der Waals surface area contributed by atoms with Crippen molar-refractivity contribution >= 4 is 29.2 Å². The number of benzene rings is 2. The van der Waals surface area contributed by atoms with E-state index in [-0.39, 0.29) is 5.92 Å². The monoisotopic (exact) mass is 373 g/mol. The summed E-state index contributed by atoms with van der Waals surface area (Å²) < 4.78 is 5.47. The van der Waals surface area contributed by atoms with Crippen LogP contribution in [0, 0.1) is 5.92 Å². The van der Waals surface area contributed by atoms with E-state index in [2.05, 4.69) is 5.32 Å². The van der Waals surface area contributed by atoms with Crippen LogP contribution in [0.3, 0.4) is 0 Å². The Labute approximate surface area is 159 Å². The van der Waals surface area contributed by atoms with Crippen LogP contribution in [-0.2, 0) is 14.3 Å². The number of nitrogens with one attached hydrogen (secondary N) is 1. The largest absolute Gasteiger partial charge is 0.452 e. The molecule has 0 aliphatic heterocycles. The first-order valence-corrected chi connectivity index (χ1v) is 9.12. The molecule has 0 saturated heterocycles. The van der Waals surface area contributed by atoms with Gasteiger partial charge < -0.3 is 10.1 Å². The van der Waals surface area contributed by atoms with Gasteiger partial charge >= 0.3 is 5.97 Å². The molecule has 4 nitrogen and oxygen atoms in total. The summed E-state index contributed by atoms with van der Waals surface area (Å²) in [6, 6.07) is 16.4. The fourth-order valence-corrected chi connectivity index (χ4v) is 2.87. The molecule has 0 saturated carbocycles. The Morgan fingerprint density at radius 2 is 1.65 bits per heavy atom. The molecule has 0 fully saturated rings. The number of para-hydroxylation sites is 1. The zero-order chi connectivity index (χ0) is 19.1. The zero-order valence-corrected chi connectivity index (χ0v) is 16.0. The van der Waals surface area contributed by atoms with E-state index in [0.29, 0.717) is 10.7 Å². The molecule has 2 rings (SSSR count). The molecule has 3 atom stereocenters. The highest BCUT2D eigenvalue weighted by molar-refractivity contribution is 6.33. The van der Waals surface area contributed by atoms with Gasteiger partial charge in [-0.25, -0.2) is 0 Å². The SMILES string of the molecule is CC[C@H](C)[C@H](C(=O)O[C@@H](C)C(=O)Nc1ccccc1Cl)c1ccccc1. The Bertz CT molecular complexity index is 748. The molecular weight excluding hydrogens is 350 g/mol. The van der Waals surface area contributed by atoms with E-state index < -0.39 is 23.9 Å². The van der Waals surface area contributed by atoms with E-state index in [1.165, 1.54) is 0 Å². The Kier molecular flexibility index (Phi) is 7.22. The minimum atomic E-state index is -0.922. The van der Waals surface area contributed by atoms with Gasteiger partial charge in [-0.05, 0) is 30.5 Å². The van der Waals surface area contributed by atoms with Crippen molar-refractivity contribution in [1.29, 1.82) is 0 Å². The lowest BCUT2D eigenvalue weighted by atomic mass is 9.85. The van der Waals surface area contributed by atoms with Crippen molar-refractivity contribution in [2.45, 2.75) is 39.2 Å². The fourth-order valence-electron chi connectivity index (χ4n) is 2.69. The fraction of sp³-hybridized carbons (Fsp3) is 0.333. The van der Waals surface area contributed by atoms with Gasteiger partial charge in [0.1, 0.15) is 0 Å². The van der Waals surface area contributed by atoms with Gasteiger partial charge in [0.25, 0.3) is 5.91 Å². The molecule has 1 amide bonds. The summed E-state index contributed by atoms with van der Waals surface area (Å²) in [7, 11) is 0. The van der Waals surface area contributed by atoms with E-state index in [1.54, 1.807) is 31.2 Å². The van der Waals surface area contributed by atoms with Crippen LogP contribution in [-0.4, -0.2) is 18.0 Å². The van der Waals surface area contributed by atoms with Crippen LogP contribution in [0.25, 0.3) is 0 Å². The van der Waals surface area contributed by atoms with E-state index in [9.17, 15) is 9.59 Å². The Hall–Kier alpha value is -2.33. The summed E-state index contributed by atoms with van der Waals surface area (Å²) in [5.41, 5.74) is 1.38. The lowest BCUT2D eigenvalue weighted by Crippen LogP contribution is -2.33. The minimum absolute atomic E-state index is 0.101. The van der Waals surface area contributed by atoms with Crippen molar-refractivity contribution in [2.75, 3.05) is 5.32 Å². The molecule has 5 heteroatoms. The molecule has 0 unspecified atom stereocenters. The third-order valence-electron chi connectivity index (χ3n) is 4.42. The summed E-state index contributed by atoms with van der Waals surface area (Å²) >= 11 is 6.05. The first-order chi connectivity index (χ1) is 12.4. The second-order valence-corrected chi connectivity index (χ2v) is 6.73. The van der Waals surface area contributed by atoms with Gasteiger partial charge in [0, 0.05) is 0 Å². The molecule has 0 radical (unpaired) electrons. The van der Waals surface area contributed by atoms with Crippen molar-refractivity contribution in [1.82, 2.24) is 0 Å². The maximum Gasteiger partial charge on any atom is 0.314 e. The van der Waals surface area contributed by atoms with Crippen molar-refractivity contribution in [3.8, 4) is 0 Å². The van der Waals surface area contributed by atoms with Crippen LogP contribution in [0.2, 0.25) is 5.02 Å². The molecule has 2 aromatic rings. The van der Waals surface area contributed by atoms with E-state index in [1.807, 2.05) is 44.2 Å². The standard InChI is InChI=1S/C21H24ClNO3/c1-4-14(2)19(16-10-6-5-7-11-16)21(25)26-15(3)20(24)23-18-13-9-8-12-17(18)22/h5-15,19H,4H2,1-3H3,(H,23,24)/t14-,15-,19-/m0/s1. The summed E-state index contributed by atoms with van der Waals surface area (Å²) in [5, 5.41) is 3.12. The third kappa shape index (κ3) is 5.09. The second kappa shape index (κ2) is 9.39. The molecule has 0 aliphatic rings. The van der Waals surface area contributed by atoms with Crippen molar-refractivity contribution < 1.29 is 14.3 Å². The van der Waals surface area contributed by atoms with Crippen LogP contribution in [0.5, 0.6) is 0 Å². The first kappa shape index (κ1) is 20.0. The van der Waals surface area contributed by atoms with Gasteiger partial charge in [0.05, 0.1) is 16.6 Å². The molecule has 0 bridgehead atoms. The highest BCUT2D eigenvalue weighted by Gasteiger charge is 2.30. The van der Waals surface area contributed by atoms with Crippen LogP contribution in [0.1, 0.15) is 38.7 Å². The van der Waals surface area contributed by atoms with Gasteiger partial charge in [-0.2, -0.15) is 0 Å². The van der Waals surface area contributed by atoms with Crippen LogP contribution >= 0.6 is 11.6 Å². The summed E-state index contributed by atoms with van der Waals surface area (Å²) in [6.45, 7) is 5.59. The quantitative estimate of drug-likeness (QED) is 0.691. The van der Waals surface area contributed by atoms with E-state index in [0.717, 1.165) is 12.0 Å². The van der Waals surface area contributed by atoms with Gasteiger partial charge in [0.15, 0.2) is 6.10 Å². The van der Waals surface area contributed by atoms with Gasteiger partial charge in [-0.1, -0.05) is 74.3 Å². The Morgan fingerprint density at radius 3 is 2.27 bits per heavy atom. The molecule has 0 aliphatic carbocycles. The number of carbonyl (C=O) groups is 2. The van der Waals surface area contributed by atoms with Gasteiger partial charge in [-0.3, -0.25) is 9.59 Å². The summed E-state index contributed by atoms with van der Waals surface area (Å²) in [4.78, 5) is 25.1. The van der Waals surface area contributed by atoms with Crippen LogP contribution in [0.15, 0.2) is 54.6 Å². The molecule has 2 aromatic carbocycles. The number of anilines is 1. The topological polar surface area (TPSA) is 55.4 Å². The van der Waals surface area contributed by atoms with Crippen LogP contribution in [0.4, 0.5) is 5.69 Å². The van der Waals surface area contributed by atoms with Crippen LogP contribution < -0.4 is 5.32 Å². The second-order valence-electron chi connectivity index (χ2n) is 6.32. The van der Waals surface area contributed by atoms with E-state index in [4.69, 9.17) is 16.3 Å². The first-order valence-electron chi connectivity index (χ1n) is 8.74. The van der Waals surface area contributed by atoms with E-state index >= 15 is 0 Å². The number of hydrogen-bond acceptors (Lipinski definition) is 3. The number of carbonyl (C=O) groups excluding carboxylic acids is 2. The molecule has 0 aromatic heterocycles. The average Bonchev–Trinajstić information content (AvgIpc) is 2.64. The molecule has 138 valence electrons. The molecule has 0 heterocycles. The normalized spacial score (nSPS) is 14.2. The predicted octanol–water partition coefficient (Wildman–Crippen LogP) is 5.04. The summed E-state index contributed by atoms with van der Waals surface area (Å²) in [6.07, 6.45) is -0.0939. The molecule has 1 N–H and O–H groups in total. The number of esters is 1. The molecule has 26 heavy (non-hydrogen) atoms. The Balaban J connectivity index is 2.08. The molecular formula is C21H24ClNO3. The summed E-state index contributed by atoms with van der Waals surface area (Å²) in [5.74, 6) is -1.12. The zero-order valence-electron chi connectivity index (χ0n) is 15.2. The highest BCUT2D eigenvalue weighted by Crippen LogP contribution is 2.29. The maximum absolute atomic E-state index is 12.7. The number of ether oxygens (including phenoxy) is 1.